The van der Waals surface area contributed by atoms with Gasteiger partial charge in [-0.1, -0.05) is 24.3 Å². The van der Waals surface area contributed by atoms with Crippen LogP contribution in [0.4, 0.5) is 0 Å². The molecular formula is C15H17NO4. The zero-order chi connectivity index (χ0) is 14.4. The molecule has 106 valence electrons. The SMILES string of the molecule is COC(=O)c1ccc(CNCc2ccc(CO)cc2)o1. The smallest absolute Gasteiger partial charge is 0.373 e. The highest BCUT2D eigenvalue weighted by molar-refractivity contribution is 5.86. The second-order valence-electron chi connectivity index (χ2n) is 4.34. The zero-order valence-electron chi connectivity index (χ0n) is 11.3. The van der Waals surface area contributed by atoms with Gasteiger partial charge in [0.2, 0.25) is 5.76 Å². The molecule has 1 heterocycles. The van der Waals surface area contributed by atoms with Crippen molar-refractivity contribution in [2.24, 2.45) is 0 Å². The standard InChI is InChI=1S/C15H17NO4/c1-19-15(18)14-7-6-13(20-14)9-16-8-11-2-4-12(10-17)5-3-11/h2-7,16-17H,8-10H2,1H3. The van der Waals surface area contributed by atoms with E-state index in [0.717, 1.165) is 11.1 Å². The van der Waals surface area contributed by atoms with Crippen LogP contribution in [0.2, 0.25) is 0 Å². The van der Waals surface area contributed by atoms with Gasteiger partial charge in [-0.15, -0.1) is 0 Å². The van der Waals surface area contributed by atoms with Crippen molar-refractivity contribution in [3.63, 3.8) is 0 Å². The first-order valence-corrected chi connectivity index (χ1v) is 6.29. The van der Waals surface area contributed by atoms with E-state index in [1.54, 1.807) is 12.1 Å². The van der Waals surface area contributed by atoms with E-state index in [1.807, 2.05) is 24.3 Å². The lowest BCUT2D eigenvalue weighted by atomic mass is 10.1. The molecule has 0 saturated heterocycles. The number of hydrogen-bond acceptors (Lipinski definition) is 5. The maximum Gasteiger partial charge on any atom is 0.373 e. The Morgan fingerprint density at radius 3 is 2.50 bits per heavy atom. The second-order valence-corrected chi connectivity index (χ2v) is 4.34. The summed E-state index contributed by atoms with van der Waals surface area (Å²) in [5.74, 6) is 0.407. The molecule has 20 heavy (non-hydrogen) atoms. The third-order valence-electron chi connectivity index (χ3n) is 2.88. The van der Waals surface area contributed by atoms with Crippen LogP contribution >= 0.6 is 0 Å². The van der Waals surface area contributed by atoms with E-state index < -0.39 is 5.97 Å². The lowest BCUT2D eigenvalue weighted by Gasteiger charge is -2.04. The summed E-state index contributed by atoms with van der Waals surface area (Å²) in [6.45, 7) is 1.26. The van der Waals surface area contributed by atoms with Crippen LogP contribution in [0.1, 0.15) is 27.4 Å². The fraction of sp³-hybridized carbons (Fsp3) is 0.267. The van der Waals surface area contributed by atoms with Gasteiger partial charge in [0.25, 0.3) is 0 Å². The Labute approximate surface area is 117 Å². The minimum Gasteiger partial charge on any atom is -0.463 e. The van der Waals surface area contributed by atoms with Crippen molar-refractivity contribution in [3.05, 3.63) is 59.0 Å². The van der Waals surface area contributed by atoms with Crippen molar-refractivity contribution in [3.8, 4) is 0 Å². The van der Waals surface area contributed by atoms with Gasteiger partial charge in [-0.25, -0.2) is 4.79 Å². The largest absolute Gasteiger partial charge is 0.463 e. The van der Waals surface area contributed by atoms with Gasteiger partial charge in [-0.3, -0.25) is 0 Å². The summed E-state index contributed by atoms with van der Waals surface area (Å²) in [6.07, 6.45) is 0. The molecule has 2 rings (SSSR count). The first-order chi connectivity index (χ1) is 9.72. The predicted octanol–water partition coefficient (Wildman–Crippen LogP) is 1.85. The third kappa shape index (κ3) is 3.69. The highest BCUT2D eigenvalue weighted by Crippen LogP contribution is 2.09. The van der Waals surface area contributed by atoms with E-state index in [-0.39, 0.29) is 12.4 Å². The number of aliphatic hydroxyl groups is 1. The fourth-order valence-electron chi connectivity index (χ4n) is 1.78. The second kappa shape index (κ2) is 6.88. The molecule has 0 fully saturated rings. The van der Waals surface area contributed by atoms with Crippen LogP contribution in [-0.2, 0) is 24.4 Å². The lowest BCUT2D eigenvalue weighted by molar-refractivity contribution is 0.0563. The van der Waals surface area contributed by atoms with Gasteiger partial charge in [0, 0.05) is 6.54 Å². The van der Waals surface area contributed by atoms with Crippen molar-refractivity contribution in [1.29, 1.82) is 0 Å². The molecule has 2 N–H and O–H groups in total. The van der Waals surface area contributed by atoms with Crippen LogP contribution in [0, 0.1) is 0 Å². The van der Waals surface area contributed by atoms with Gasteiger partial charge in [-0.2, -0.15) is 0 Å². The topological polar surface area (TPSA) is 71.7 Å². The molecule has 0 aliphatic rings. The molecule has 2 aromatic rings. The molecule has 0 aliphatic carbocycles. The van der Waals surface area contributed by atoms with Crippen molar-refractivity contribution in [2.45, 2.75) is 19.7 Å². The molecule has 0 radical (unpaired) electrons. The van der Waals surface area contributed by atoms with Crippen molar-refractivity contribution in [2.75, 3.05) is 7.11 Å². The van der Waals surface area contributed by atoms with Gasteiger partial charge in [0.05, 0.1) is 20.3 Å². The number of aliphatic hydroxyl groups excluding tert-OH is 1. The Hall–Kier alpha value is -2.11. The Bertz CT molecular complexity index is 560. The first-order valence-electron chi connectivity index (χ1n) is 6.29. The Balaban J connectivity index is 1.83. The number of carbonyl (C=O) groups excluding carboxylic acids is 1. The summed E-state index contributed by atoms with van der Waals surface area (Å²) in [5, 5.41) is 12.2. The first kappa shape index (κ1) is 14.3. The summed E-state index contributed by atoms with van der Waals surface area (Å²) in [6, 6.07) is 11.0. The number of hydrogen-bond donors (Lipinski definition) is 2. The number of esters is 1. The summed E-state index contributed by atoms with van der Waals surface area (Å²) in [5.41, 5.74) is 2.00. The van der Waals surface area contributed by atoms with Crippen molar-refractivity contribution >= 4 is 5.97 Å². The number of nitrogens with one attached hydrogen (secondary N) is 1. The van der Waals surface area contributed by atoms with Crippen LogP contribution in [0.15, 0.2) is 40.8 Å². The molecule has 5 nitrogen and oxygen atoms in total. The molecule has 1 aromatic carbocycles. The number of methoxy groups -OCH3 is 1. The molecule has 0 aliphatic heterocycles. The number of rotatable bonds is 6. The quantitative estimate of drug-likeness (QED) is 0.787. The molecule has 0 bridgehead atoms. The predicted molar refractivity (Wildman–Crippen MR) is 73.0 cm³/mol. The van der Waals surface area contributed by atoms with E-state index >= 15 is 0 Å². The van der Waals surface area contributed by atoms with Crippen LogP contribution in [0.5, 0.6) is 0 Å². The molecule has 5 heteroatoms. The number of ether oxygens (including phenoxy) is 1. The number of carbonyl (C=O) groups is 1. The molecule has 0 spiro atoms. The molecular weight excluding hydrogens is 258 g/mol. The molecule has 0 unspecified atom stereocenters. The highest BCUT2D eigenvalue weighted by Gasteiger charge is 2.10. The normalized spacial score (nSPS) is 10.5. The molecule has 0 saturated carbocycles. The Kier molecular flexibility index (Phi) is 4.92. The van der Waals surface area contributed by atoms with E-state index in [1.165, 1.54) is 7.11 Å². The number of benzene rings is 1. The summed E-state index contributed by atoms with van der Waals surface area (Å²) >= 11 is 0. The molecule has 1 aromatic heterocycles. The van der Waals surface area contributed by atoms with Gasteiger partial charge in [0.1, 0.15) is 5.76 Å². The lowest BCUT2D eigenvalue weighted by Crippen LogP contribution is -2.12. The minimum absolute atomic E-state index is 0.0520. The van der Waals surface area contributed by atoms with E-state index in [4.69, 9.17) is 9.52 Å². The average molecular weight is 275 g/mol. The van der Waals surface area contributed by atoms with Gasteiger partial charge >= 0.3 is 5.97 Å². The van der Waals surface area contributed by atoms with E-state index in [9.17, 15) is 4.79 Å². The summed E-state index contributed by atoms with van der Waals surface area (Å²) < 4.78 is 9.91. The van der Waals surface area contributed by atoms with Crippen molar-refractivity contribution in [1.82, 2.24) is 5.32 Å². The molecule has 0 atom stereocenters. The van der Waals surface area contributed by atoms with Crippen LogP contribution in [0.3, 0.4) is 0 Å². The van der Waals surface area contributed by atoms with Gasteiger partial charge < -0.3 is 19.6 Å². The highest BCUT2D eigenvalue weighted by atomic mass is 16.5. The maximum atomic E-state index is 11.2. The monoisotopic (exact) mass is 275 g/mol. The Morgan fingerprint density at radius 1 is 1.15 bits per heavy atom. The molecule has 0 amide bonds. The summed E-state index contributed by atoms with van der Waals surface area (Å²) in [7, 11) is 1.32. The van der Waals surface area contributed by atoms with E-state index in [0.29, 0.717) is 18.8 Å². The Morgan fingerprint density at radius 2 is 1.85 bits per heavy atom. The van der Waals surface area contributed by atoms with Gasteiger partial charge in [-0.05, 0) is 23.3 Å². The van der Waals surface area contributed by atoms with Crippen molar-refractivity contribution < 1.29 is 19.1 Å². The maximum absolute atomic E-state index is 11.2. The zero-order valence-corrected chi connectivity index (χ0v) is 11.3. The number of furan rings is 1. The summed E-state index contributed by atoms with van der Waals surface area (Å²) in [4.78, 5) is 11.2. The van der Waals surface area contributed by atoms with Crippen LogP contribution < -0.4 is 5.32 Å². The minimum atomic E-state index is -0.476. The van der Waals surface area contributed by atoms with Crippen LogP contribution in [-0.4, -0.2) is 18.2 Å². The van der Waals surface area contributed by atoms with E-state index in [2.05, 4.69) is 10.1 Å². The van der Waals surface area contributed by atoms with Gasteiger partial charge in [0.15, 0.2) is 0 Å². The fourth-order valence-corrected chi connectivity index (χ4v) is 1.78. The van der Waals surface area contributed by atoms with Crippen LogP contribution in [0.25, 0.3) is 0 Å². The average Bonchev–Trinajstić information content (AvgIpc) is 2.96. The third-order valence-corrected chi connectivity index (χ3v) is 2.88.